The Morgan fingerprint density at radius 2 is 1.52 bits per heavy atom. The van der Waals surface area contributed by atoms with Crippen LogP contribution in [0, 0.1) is 0 Å². The molecule has 0 bridgehead atoms. The summed E-state index contributed by atoms with van der Waals surface area (Å²) in [6, 6.07) is 13.0. The summed E-state index contributed by atoms with van der Waals surface area (Å²) in [4.78, 5) is 34.4. The number of carbonyl (C=O) groups excluding carboxylic acids is 1. The van der Waals surface area contributed by atoms with Gasteiger partial charge in [-0.05, 0) is 54.6 Å². The van der Waals surface area contributed by atoms with Gasteiger partial charge in [0.2, 0.25) is 0 Å². The summed E-state index contributed by atoms with van der Waals surface area (Å²) in [6.07, 6.45) is 1.26. The van der Waals surface area contributed by atoms with Crippen molar-refractivity contribution in [2.75, 3.05) is 0 Å². The van der Waals surface area contributed by atoms with E-state index in [4.69, 9.17) is 26.2 Å². The van der Waals surface area contributed by atoms with Gasteiger partial charge in [0.25, 0.3) is 5.91 Å². The number of carboxylic acids is 2. The molecule has 0 saturated heterocycles. The molecule has 8 nitrogen and oxygen atoms in total. The van der Waals surface area contributed by atoms with Crippen molar-refractivity contribution >= 4 is 35.7 Å². The summed E-state index contributed by atoms with van der Waals surface area (Å²) in [5.41, 5.74) is 2.64. The van der Waals surface area contributed by atoms with Crippen molar-refractivity contribution in [1.29, 1.82) is 0 Å². The minimum atomic E-state index is -1.26. The maximum Gasteiger partial charge on any atom is 0.335 e. The molecule has 0 unspecified atom stereocenters. The van der Waals surface area contributed by atoms with Gasteiger partial charge in [-0.2, -0.15) is 5.10 Å². The molecule has 0 aliphatic carbocycles. The smallest absolute Gasteiger partial charge is 0.335 e. The van der Waals surface area contributed by atoms with Crippen molar-refractivity contribution in [2.45, 2.75) is 0 Å². The first-order valence-corrected chi connectivity index (χ1v) is 8.52. The van der Waals surface area contributed by atoms with Crippen LogP contribution >= 0.6 is 11.6 Å². The highest BCUT2D eigenvalue weighted by Gasteiger charge is 2.14. The maximum absolute atomic E-state index is 12.0. The molecule has 1 heterocycles. The van der Waals surface area contributed by atoms with E-state index in [2.05, 4.69) is 10.5 Å². The molecule has 1 amide bonds. The van der Waals surface area contributed by atoms with E-state index < -0.39 is 17.8 Å². The SMILES string of the molecule is O=C(O)c1cc(C(=O)O)cc(-c2ccc(/C=N\NC(=O)c3ccc(Cl)cc3)o2)c1. The van der Waals surface area contributed by atoms with Crippen molar-refractivity contribution in [2.24, 2.45) is 5.10 Å². The molecule has 3 aromatic rings. The number of carboxylic acid groups (broad SMARTS) is 2. The number of hydrogen-bond donors (Lipinski definition) is 3. The molecule has 29 heavy (non-hydrogen) atoms. The summed E-state index contributed by atoms with van der Waals surface area (Å²) < 4.78 is 5.54. The number of rotatable bonds is 6. The third-order valence-electron chi connectivity index (χ3n) is 3.80. The number of aromatic carboxylic acids is 2. The van der Waals surface area contributed by atoms with Crippen molar-refractivity contribution in [3.05, 3.63) is 82.1 Å². The Bertz CT molecular complexity index is 1090. The van der Waals surface area contributed by atoms with E-state index in [9.17, 15) is 14.4 Å². The zero-order valence-corrected chi connectivity index (χ0v) is 15.4. The second-order valence-corrected chi connectivity index (χ2v) is 6.25. The van der Waals surface area contributed by atoms with Gasteiger partial charge in [-0.3, -0.25) is 4.79 Å². The molecule has 0 aliphatic rings. The standard InChI is InChI=1S/C20H13ClN2O6/c21-15-3-1-11(2-4-15)18(24)23-22-10-16-5-6-17(29-16)12-7-13(19(25)26)9-14(8-12)20(27)28/h1-10H,(H,23,24)(H,25,26)(H,27,28)/b22-10-. The van der Waals surface area contributed by atoms with Crippen LogP contribution in [0.1, 0.15) is 36.8 Å². The van der Waals surface area contributed by atoms with E-state index in [-0.39, 0.29) is 28.2 Å². The first-order chi connectivity index (χ1) is 13.8. The van der Waals surface area contributed by atoms with Gasteiger partial charge in [0.1, 0.15) is 11.5 Å². The highest BCUT2D eigenvalue weighted by atomic mass is 35.5. The number of amides is 1. The summed E-state index contributed by atoms with van der Waals surface area (Å²) in [6.45, 7) is 0. The van der Waals surface area contributed by atoms with Crippen molar-refractivity contribution in [3.8, 4) is 11.3 Å². The van der Waals surface area contributed by atoms with Gasteiger partial charge in [-0.1, -0.05) is 11.6 Å². The van der Waals surface area contributed by atoms with E-state index in [1.54, 1.807) is 30.3 Å². The summed E-state index contributed by atoms with van der Waals surface area (Å²) >= 11 is 5.77. The second kappa shape index (κ2) is 8.41. The van der Waals surface area contributed by atoms with Crippen LogP contribution < -0.4 is 5.43 Å². The Morgan fingerprint density at radius 1 is 0.897 bits per heavy atom. The highest BCUT2D eigenvalue weighted by Crippen LogP contribution is 2.24. The number of carbonyl (C=O) groups is 3. The molecule has 0 saturated carbocycles. The predicted octanol–water partition coefficient (Wildman–Crippen LogP) is 3.76. The van der Waals surface area contributed by atoms with Crippen molar-refractivity contribution in [1.82, 2.24) is 5.43 Å². The van der Waals surface area contributed by atoms with Crippen molar-refractivity contribution < 1.29 is 29.0 Å². The van der Waals surface area contributed by atoms with Crippen LogP contribution in [-0.4, -0.2) is 34.3 Å². The van der Waals surface area contributed by atoms with E-state index in [0.717, 1.165) is 6.07 Å². The van der Waals surface area contributed by atoms with Gasteiger partial charge in [0.05, 0.1) is 17.3 Å². The topological polar surface area (TPSA) is 129 Å². The third kappa shape index (κ3) is 4.88. The van der Waals surface area contributed by atoms with Gasteiger partial charge in [0.15, 0.2) is 0 Å². The third-order valence-corrected chi connectivity index (χ3v) is 4.05. The quantitative estimate of drug-likeness (QED) is 0.417. The molecule has 0 spiro atoms. The average molecular weight is 413 g/mol. The summed E-state index contributed by atoms with van der Waals surface area (Å²) in [5, 5.41) is 22.6. The van der Waals surface area contributed by atoms with E-state index in [1.165, 1.54) is 24.4 Å². The Morgan fingerprint density at radius 3 is 2.10 bits per heavy atom. The number of nitrogens with zero attached hydrogens (tertiary/aromatic N) is 1. The van der Waals surface area contributed by atoms with Crippen LogP contribution in [0.25, 0.3) is 11.3 Å². The fourth-order valence-electron chi connectivity index (χ4n) is 2.41. The Hall–Kier alpha value is -3.91. The highest BCUT2D eigenvalue weighted by molar-refractivity contribution is 6.30. The largest absolute Gasteiger partial charge is 0.478 e. The minimum absolute atomic E-state index is 0.179. The lowest BCUT2D eigenvalue weighted by atomic mass is 10.0. The van der Waals surface area contributed by atoms with Crippen LogP contribution in [0.4, 0.5) is 0 Å². The predicted molar refractivity (Wildman–Crippen MR) is 105 cm³/mol. The van der Waals surface area contributed by atoms with E-state index in [0.29, 0.717) is 10.6 Å². The molecule has 9 heteroatoms. The number of hydrazone groups is 1. The van der Waals surface area contributed by atoms with E-state index in [1.807, 2.05) is 0 Å². The Kier molecular flexibility index (Phi) is 5.75. The van der Waals surface area contributed by atoms with Crippen LogP contribution in [0.15, 0.2) is 64.1 Å². The summed E-state index contributed by atoms with van der Waals surface area (Å²) in [7, 11) is 0. The molecular weight excluding hydrogens is 400 g/mol. The number of furan rings is 1. The number of benzene rings is 2. The van der Waals surface area contributed by atoms with Gasteiger partial charge in [0, 0.05) is 16.1 Å². The first kappa shape index (κ1) is 19.8. The fraction of sp³-hybridized carbons (Fsp3) is 0. The number of nitrogens with one attached hydrogen (secondary N) is 1. The molecule has 3 N–H and O–H groups in total. The lowest BCUT2D eigenvalue weighted by Crippen LogP contribution is -2.17. The molecule has 1 aromatic heterocycles. The Balaban J connectivity index is 1.76. The molecule has 146 valence electrons. The molecule has 0 aliphatic heterocycles. The van der Waals surface area contributed by atoms with Gasteiger partial charge in [-0.25, -0.2) is 15.0 Å². The number of halogens is 1. The lowest BCUT2D eigenvalue weighted by Gasteiger charge is -2.03. The molecular formula is C20H13ClN2O6. The van der Waals surface area contributed by atoms with Crippen LogP contribution in [0.2, 0.25) is 5.02 Å². The van der Waals surface area contributed by atoms with Crippen LogP contribution in [0.3, 0.4) is 0 Å². The van der Waals surface area contributed by atoms with Crippen LogP contribution in [0.5, 0.6) is 0 Å². The first-order valence-electron chi connectivity index (χ1n) is 8.14. The normalized spacial score (nSPS) is 10.8. The molecule has 0 radical (unpaired) electrons. The fourth-order valence-corrected chi connectivity index (χ4v) is 2.54. The molecule has 0 fully saturated rings. The summed E-state index contributed by atoms with van der Waals surface area (Å²) in [5.74, 6) is -2.43. The minimum Gasteiger partial charge on any atom is -0.478 e. The average Bonchev–Trinajstić information content (AvgIpc) is 3.17. The lowest BCUT2D eigenvalue weighted by molar-refractivity contribution is 0.0696. The van der Waals surface area contributed by atoms with Crippen molar-refractivity contribution in [3.63, 3.8) is 0 Å². The second-order valence-electron chi connectivity index (χ2n) is 5.82. The zero-order valence-electron chi connectivity index (χ0n) is 14.6. The monoisotopic (exact) mass is 412 g/mol. The Labute approximate surface area is 169 Å². The van der Waals surface area contributed by atoms with Gasteiger partial charge >= 0.3 is 11.9 Å². The van der Waals surface area contributed by atoms with Gasteiger partial charge < -0.3 is 14.6 Å². The van der Waals surface area contributed by atoms with Crippen LogP contribution in [-0.2, 0) is 0 Å². The van der Waals surface area contributed by atoms with Gasteiger partial charge in [-0.15, -0.1) is 0 Å². The maximum atomic E-state index is 12.0. The molecule has 2 aromatic carbocycles. The number of hydrogen-bond acceptors (Lipinski definition) is 5. The van der Waals surface area contributed by atoms with E-state index >= 15 is 0 Å². The zero-order chi connectivity index (χ0) is 21.0. The molecule has 0 atom stereocenters. The molecule has 3 rings (SSSR count).